The van der Waals surface area contributed by atoms with Crippen LogP contribution in [0.2, 0.25) is 0 Å². The number of aliphatic hydroxyl groups is 1. The van der Waals surface area contributed by atoms with Gasteiger partial charge in [0.1, 0.15) is 17.7 Å². The van der Waals surface area contributed by atoms with Crippen molar-refractivity contribution in [1.82, 2.24) is 10.2 Å². The lowest BCUT2D eigenvalue weighted by atomic mass is 9.94. The van der Waals surface area contributed by atoms with Gasteiger partial charge in [0.05, 0.1) is 37.6 Å². The minimum Gasteiger partial charge on any atom is -0.495 e. The van der Waals surface area contributed by atoms with E-state index in [4.69, 9.17) is 14.2 Å². The highest BCUT2D eigenvalue weighted by Gasteiger charge is 2.52. The summed E-state index contributed by atoms with van der Waals surface area (Å²) in [5.74, 6) is 0.614. The summed E-state index contributed by atoms with van der Waals surface area (Å²) in [5.41, 5.74) is 2.05. The van der Waals surface area contributed by atoms with Crippen LogP contribution in [0.15, 0.2) is 48.5 Å². The van der Waals surface area contributed by atoms with Crippen LogP contribution in [0.4, 0.5) is 10.1 Å². The van der Waals surface area contributed by atoms with E-state index in [0.29, 0.717) is 13.2 Å². The van der Waals surface area contributed by atoms with Gasteiger partial charge in [-0.25, -0.2) is 4.39 Å². The second kappa shape index (κ2) is 9.33. The van der Waals surface area contributed by atoms with Crippen LogP contribution in [0.1, 0.15) is 5.56 Å². The molecule has 5 atom stereocenters. The molecule has 8 heteroatoms. The van der Waals surface area contributed by atoms with Gasteiger partial charge < -0.3 is 29.5 Å². The fourth-order valence-corrected chi connectivity index (χ4v) is 5.03. The van der Waals surface area contributed by atoms with Gasteiger partial charge in [-0.05, 0) is 29.8 Å². The number of piperazine rings is 1. The van der Waals surface area contributed by atoms with Crippen LogP contribution in [0.3, 0.4) is 0 Å². The quantitative estimate of drug-likeness (QED) is 0.703. The third kappa shape index (κ3) is 4.21. The molecule has 0 aromatic heterocycles. The third-order valence-electron chi connectivity index (χ3n) is 6.75. The summed E-state index contributed by atoms with van der Waals surface area (Å²) in [6, 6.07) is 14.0. The highest BCUT2D eigenvalue weighted by molar-refractivity contribution is 5.58. The molecule has 2 bridgehead atoms. The van der Waals surface area contributed by atoms with Crippen molar-refractivity contribution in [2.24, 2.45) is 0 Å². The van der Waals surface area contributed by atoms with Gasteiger partial charge in [0.25, 0.3) is 0 Å². The van der Waals surface area contributed by atoms with Crippen LogP contribution in [0.25, 0.3) is 0 Å². The van der Waals surface area contributed by atoms with Gasteiger partial charge in [0, 0.05) is 32.7 Å². The Kier molecular flexibility index (Phi) is 6.30. The SMILES string of the molecule is COc1ccccc1N1CCN([C@@H]2[C@@H]3OC[C@H](O3)[C@@H](NCc3ccc(F)cc3)[C@@H]2O)CC1. The molecule has 0 saturated carbocycles. The maximum atomic E-state index is 13.2. The average Bonchev–Trinajstić information content (AvgIpc) is 3.25. The largest absolute Gasteiger partial charge is 0.495 e. The summed E-state index contributed by atoms with van der Waals surface area (Å²) in [5, 5.41) is 14.7. The maximum absolute atomic E-state index is 13.2. The van der Waals surface area contributed by atoms with Gasteiger partial charge in [-0.1, -0.05) is 24.3 Å². The predicted octanol–water partition coefficient (Wildman–Crippen LogP) is 1.60. The molecule has 0 amide bonds. The minimum absolute atomic E-state index is 0.193. The summed E-state index contributed by atoms with van der Waals surface area (Å²) >= 11 is 0. The van der Waals surface area contributed by atoms with Crippen LogP contribution in [0.5, 0.6) is 5.75 Å². The summed E-state index contributed by atoms with van der Waals surface area (Å²) in [7, 11) is 1.69. The van der Waals surface area contributed by atoms with Crippen molar-refractivity contribution >= 4 is 5.69 Å². The highest BCUT2D eigenvalue weighted by atomic mass is 19.1. The van der Waals surface area contributed by atoms with E-state index in [2.05, 4.69) is 21.2 Å². The molecule has 2 aromatic carbocycles. The van der Waals surface area contributed by atoms with Crippen molar-refractivity contribution in [2.45, 2.75) is 37.1 Å². The fraction of sp³-hybridized carbons (Fsp3) is 0.500. The zero-order chi connectivity index (χ0) is 22.1. The number of hydrogen-bond donors (Lipinski definition) is 2. The number of nitrogens with one attached hydrogen (secondary N) is 1. The molecule has 3 fully saturated rings. The third-order valence-corrected chi connectivity index (χ3v) is 6.75. The predicted molar refractivity (Wildman–Crippen MR) is 118 cm³/mol. The Labute approximate surface area is 187 Å². The number of rotatable bonds is 6. The topological polar surface area (TPSA) is 66.4 Å². The molecule has 3 heterocycles. The van der Waals surface area contributed by atoms with Gasteiger partial charge >= 0.3 is 0 Å². The summed E-state index contributed by atoms with van der Waals surface area (Å²) < 4.78 is 30.7. The number of anilines is 1. The second-order valence-corrected chi connectivity index (χ2v) is 8.59. The van der Waals surface area contributed by atoms with E-state index >= 15 is 0 Å². The van der Waals surface area contributed by atoms with Crippen molar-refractivity contribution in [1.29, 1.82) is 0 Å². The number of benzene rings is 2. The van der Waals surface area contributed by atoms with E-state index in [1.54, 1.807) is 19.2 Å². The Morgan fingerprint density at radius 1 is 1.09 bits per heavy atom. The van der Waals surface area contributed by atoms with E-state index in [-0.39, 0.29) is 24.0 Å². The zero-order valence-electron chi connectivity index (χ0n) is 18.2. The van der Waals surface area contributed by atoms with Gasteiger partial charge in [-0.2, -0.15) is 0 Å². The summed E-state index contributed by atoms with van der Waals surface area (Å²) in [6.45, 7) is 4.22. The lowest BCUT2D eigenvalue weighted by molar-refractivity contribution is -0.183. The Balaban J connectivity index is 1.24. The van der Waals surface area contributed by atoms with Crippen molar-refractivity contribution in [3.63, 3.8) is 0 Å². The van der Waals surface area contributed by atoms with E-state index in [1.165, 1.54) is 12.1 Å². The molecule has 7 nitrogen and oxygen atoms in total. The fourth-order valence-electron chi connectivity index (χ4n) is 5.03. The molecule has 0 radical (unpaired) electrons. The molecule has 3 aliphatic rings. The zero-order valence-corrected chi connectivity index (χ0v) is 18.2. The van der Waals surface area contributed by atoms with Gasteiger partial charge in [-0.3, -0.25) is 4.90 Å². The van der Waals surface area contributed by atoms with E-state index in [1.807, 2.05) is 18.2 Å². The van der Waals surface area contributed by atoms with Crippen LogP contribution in [-0.4, -0.2) is 80.5 Å². The molecule has 32 heavy (non-hydrogen) atoms. The highest BCUT2D eigenvalue weighted by Crippen LogP contribution is 2.33. The molecule has 0 unspecified atom stereocenters. The minimum atomic E-state index is -0.625. The standard InChI is InChI=1S/C24H30FN3O4/c1-30-19-5-3-2-4-18(19)27-10-12-28(13-11-27)22-23(29)21(20-15-31-24(22)32-20)26-14-16-6-8-17(25)9-7-16/h2-9,20-24,26,29H,10-15H2,1H3/t20-,21+,22-,23-,24+/m0/s1. The molecule has 172 valence electrons. The van der Waals surface area contributed by atoms with Crippen molar-refractivity contribution in [2.75, 3.05) is 44.8 Å². The first-order valence-corrected chi connectivity index (χ1v) is 11.2. The first-order valence-electron chi connectivity index (χ1n) is 11.2. The molecule has 3 aliphatic heterocycles. The number of aliphatic hydroxyl groups excluding tert-OH is 1. The van der Waals surface area contributed by atoms with Crippen LogP contribution in [-0.2, 0) is 16.0 Å². The van der Waals surface area contributed by atoms with E-state index < -0.39 is 12.4 Å². The first-order chi connectivity index (χ1) is 15.6. The van der Waals surface area contributed by atoms with E-state index in [9.17, 15) is 9.50 Å². The Morgan fingerprint density at radius 2 is 1.84 bits per heavy atom. The van der Waals surface area contributed by atoms with Crippen molar-refractivity contribution < 1.29 is 23.7 Å². The normalized spacial score (nSPS) is 30.5. The summed E-state index contributed by atoms with van der Waals surface area (Å²) in [6.07, 6.45) is -1.24. The van der Waals surface area contributed by atoms with E-state index in [0.717, 1.165) is 43.2 Å². The van der Waals surface area contributed by atoms with Crippen molar-refractivity contribution in [3.8, 4) is 5.75 Å². The number of fused-ring (bicyclic) bond motifs is 2. The average molecular weight is 444 g/mol. The van der Waals surface area contributed by atoms with Crippen LogP contribution < -0.4 is 15.0 Å². The molecule has 3 saturated heterocycles. The molecule has 5 rings (SSSR count). The Bertz CT molecular complexity index is 906. The van der Waals surface area contributed by atoms with Crippen LogP contribution in [0, 0.1) is 5.82 Å². The first kappa shape index (κ1) is 21.6. The number of para-hydroxylation sites is 2. The number of hydrogen-bond acceptors (Lipinski definition) is 7. The molecular weight excluding hydrogens is 413 g/mol. The molecule has 0 aliphatic carbocycles. The Morgan fingerprint density at radius 3 is 2.59 bits per heavy atom. The monoisotopic (exact) mass is 443 g/mol. The molecule has 0 spiro atoms. The number of methoxy groups -OCH3 is 1. The molecular formula is C24H30FN3O4. The summed E-state index contributed by atoms with van der Waals surface area (Å²) in [4.78, 5) is 4.59. The van der Waals surface area contributed by atoms with Crippen LogP contribution >= 0.6 is 0 Å². The number of halogens is 1. The lowest BCUT2D eigenvalue weighted by Crippen LogP contribution is -2.66. The smallest absolute Gasteiger partial charge is 0.176 e. The maximum Gasteiger partial charge on any atom is 0.176 e. The van der Waals surface area contributed by atoms with Crippen molar-refractivity contribution in [3.05, 3.63) is 59.9 Å². The lowest BCUT2D eigenvalue weighted by Gasteiger charge is -2.47. The molecule has 2 N–H and O–H groups in total. The number of ether oxygens (including phenoxy) is 3. The molecule has 2 aromatic rings. The van der Waals surface area contributed by atoms with Gasteiger partial charge in [0.2, 0.25) is 0 Å². The second-order valence-electron chi connectivity index (χ2n) is 8.59. The van der Waals surface area contributed by atoms with Gasteiger partial charge in [-0.15, -0.1) is 0 Å². The van der Waals surface area contributed by atoms with Gasteiger partial charge in [0.15, 0.2) is 6.29 Å². The number of nitrogens with zero attached hydrogens (tertiary/aromatic N) is 2. The Hall–Kier alpha value is -2.23.